The minimum absolute atomic E-state index is 0.0483. The molecular formula is C11H21N3O2. The van der Waals surface area contributed by atoms with Gasteiger partial charge in [0.1, 0.15) is 0 Å². The van der Waals surface area contributed by atoms with Gasteiger partial charge in [0.15, 0.2) is 0 Å². The Balaban J connectivity index is 2.53. The summed E-state index contributed by atoms with van der Waals surface area (Å²) in [5.41, 5.74) is 11.0. The summed E-state index contributed by atoms with van der Waals surface area (Å²) in [6.45, 7) is 3.13. The molecule has 1 aliphatic rings. The summed E-state index contributed by atoms with van der Waals surface area (Å²) in [6.07, 6.45) is 3.19. The average Bonchev–Trinajstić information content (AvgIpc) is 2.28. The van der Waals surface area contributed by atoms with E-state index in [1.807, 2.05) is 6.92 Å². The molecule has 1 unspecified atom stereocenters. The number of amides is 2. The van der Waals surface area contributed by atoms with Crippen molar-refractivity contribution < 1.29 is 9.59 Å². The fourth-order valence-corrected chi connectivity index (χ4v) is 2.08. The van der Waals surface area contributed by atoms with Gasteiger partial charge in [-0.3, -0.25) is 9.59 Å². The second kappa shape index (κ2) is 5.84. The number of carbonyl (C=O) groups excluding carboxylic acids is 2. The zero-order valence-electron chi connectivity index (χ0n) is 9.82. The molecule has 16 heavy (non-hydrogen) atoms. The van der Waals surface area contributed by atoms with Crippen LogP contribution in [0.15, 0.2) is 0 Å². The minimum atomic E-state index is -0.434. The van der Waals surface area contributed by atoms with Crippen molar-refractivity contribution in [1.82, 2.24) is 4.90 Å². The highest BCUT2D eigenvalue weighted by atomic mass is 16.2. The van der Waals surface area contributed by atoms with Crippen LogP contribution in [0.1, 0.15) is 32.6 Å². The molecule has 5 heteroatoms. The van der Waals surface area contributed by atoms with Gasteiger partial charge in [0, 0.05) is 13.1 Å². The fourth-order valence-electron chi connectivity index (χ4n) is 2.08. The van der Waals surface area contributed by atoms with Crippen molar-refractivity contribution >= 4 is 11.8 Å². The Morgan fingerprint density at radius 2 is 2.19 bits per heavy atom. The molecule has 0 radical (unpaired) electrons. The van der Waals surface area contributed by atoms with E-state index in [-0.39, 0.29) is 17.7 Å². The predicted molar refractivity (Wildman–Crippen MR) is 61.4 cm³/mol. The normalized spacial score (nSPS) is 22.9. The molecule has 0 aliphatic carbocycles. The number of nitrogens with zero attached hydrogens (tertiary/aromatic N) is 1. The Bertz CT molecular complexity index is 268. The van der Waals surface area contributed by atoms with Gasteiger partial charge in [0.25, 0.3) is 0 Å². The highest BCUT2D eigenvalue weighted by Gasteiger charge is 2.28. The van der Waals surface area contributed by atoms with E-state index in [1.54, 1.807) is 4.90 Å². The van der Waals surface area contributed by atoms with Gasteiger partial charge in [-0.15, -0.1) is 0 Å². The third kappa shape index (κ3) is 3.20. The highest BCUT2D eigenvalue weighted by Crippen LogP contribution is 2.17. The Morgan fingerprint density at radius 1 is 1.50 bits per heavy atom. The van der Waals surface area contributed by atoms with Crippen LogP contribution in [0.2, 0.25) is 0 Å². The van der Waals surface area contributed by atoms with E-state index in [4.69, 9.17) is 11.5 Å². The fraction of sp³-hybridized carbons (Fsp3) is 0.818. The van der Waals surface area contributed by atoms with Crippen LogP contribution in [0.25, 0.3) is 0 Å². The molecule has 0 spiro atoms. The van der Waals surface area contributed by atoms with Crippen LogP contribution < -0.4 is 11.5 Å². The molecule has 1 saturated heterocycles. The summed E-state index contributed by atoms with van der Waals surface area (Å²) in [5, 5.41) is 0. The van der Waals surface area contributed by atoms with Crippen molar-refractivity contribution in [3.63, 3.8) is 0 Å². The van der Waals surface area contributed by atoms with Gasteiger partial charge in [-0.1, -0.05) is 13.3 Å². The molecule has 1 rings (SSSR count). The number of hydrogen-bond donors (Lipinski definition) is 2. The third-order valence-corrected chi connectivity index (χ3v) is 3.05. The molecule has 5 nitrogen and oxygen atoms in total. The van der Waals surface area contributed by atoms with Gasteiger partial charge in [0.05, 0.1) is 12.0 Å². The summed E-state index contributed by atoms with van der Waals surface area (Å²) in [5.74, 6) is -0.569. The smallest absolute Gasteiger partial charge is 0.239 e. The molecule has 1 aliphatic heterocycles. The summed E-state index contributed by atoms with van der Waals surface area (Å²) in [6, 6.07) is -0.434. The molecule has 92 valence electrons. The lowest BCUT2D eigenvalue weighted by molar-refractivity contribution is -0.136. The minimum Gasteiger partial charge on any atom is -0.369 e. The Labute approximate surface area is 96.1 Å². The molecule has 0 aromatic carbocycles. The highest BCUT2D eigenvalue weighted by molar-refractivity contribution is 5.83. The number of hydrogen-bond acceptors (Lipinski definition) is 3. The maximum absolute atomic E-state index is 11.9. The summed E-state index contributed by atoms with van der Waals surface area (Å²) >= 11 is 0. The van der Waals surface area contributed by atoms with E-state index < -0.39 is 6.04 Å². The second-order valence-electron chi connectivity index (χ2n) is 4.42. The van der Waals surface area contributed by atoms with Crippen molar-refractivity contribution in [3.8, 4) is 0 Å². The number of nitrogens with two attached hydrogens (primary N) is 2. The molecule has 0 saturated carbocycles. The van der Waals surface area contributed by atoms with Gasteiger partial charge in [-0.05, 0) is 19.3 Å². The summed E-state index contributed by atoms with van der Waals surface area (Å²) < 4.78 is 0. The molecular weight excluding hydrogens is 206 g/mol. The van der Waals surface area contributed by atoms with Gasteiger partial charge in [-0.2, -0.15) is 0 Å². The van der Waals surface area contributed by atoms with E-state index in [1.165, 1.54) is 0 Å². The predicted octanol–water partition coefficient (Wildman–Crippen LogP) is -0.162. The molecule has 0 bridgehead atoms. The summed E-state index contributed by atoms with van der Waals surface area (Å²) in [4.78, 5) is 24.7. The van der Waals surface area contributed by atoms with E-state index >= 15 is 0 Å². The first-order chi connectivity index (χ1) is 7.56. The van der Waals surface area contributed by atoms with Crippen LogP contribution in [0.3, 0.4) is 0 Å². The number of primary amides is 1. The Morgan fingerprint density at radius 3 is 2.75 bits per heavy atom. The van der Waals surface area contributed by atoms with Crippen molar-refractivity contribution in [3.05, 3.63) is 0 Å². The Kier molecular flexibility index (Phi) is 4.73. The van der Waals surface area contributed by atoms with E-state index in [0.29, 0.717) is 19.5 Å². The summed E-state index contributed by atoms with van der Waals surface area (Å²) in [7, 11) is 0. The van der Waals surface area contributed by atoms with Crippen LogP contribution in [-0.4, -0.2) is 35.8 Å². The van der Waals surface area contributed by atoms with Gasteiger partial charge in [0.2, 0.25) is 11.8 Å². The van der Waals surface area contributed by atoms with Crippen LogP contribution in [0.4, 0.5) is 0 Å². The SMILES string of the molecule is CCC[C@H](N)C(=O)N1CCCC(C(N)=O)C1. The van der Waals surface area contributed by atoms with Gasteiger partial charge in [-0.25, -0.2) is 0 Å². The number of carbonyl (C=O) groups is 2. The standard InChI is InChI=1S/C11H21N3O2/c1-2-4-9(12)11(16)14-6-3-5-8(7-14)10(13)15/h8-9H,2-7,12H2,1H3,(H2,13,15)/t8?,9-/m0/s1. The number of piperidine rings is 1. The molecule has 1 fully saturated rings. The largest absolute Gasteiger partial charge is 0.369 e. The molecule has 2 atom stereocenters. The zero-order valence-corrected chi connectivity index (χ0v) is 9.82. The maximum Gasteiger partial charge on any atom is 0.239 e. The lowest BCUT2D eigenvalue weighted by Crippen LogP contribution is -2.50. The van der Waals surface area contributed by atoms with Gasteiger partial charge < -0.3 is 16.4 Å². The van der Waals surface area contributed by atoms with Crippen molar-refractivity contribution in [2.24, 2.45) is 17.4 Å². The van der Waals surface area contributed by atoms with Crippen LogP contribution in [0, 0.1) is 5.92 Å². The molecule has 0 aromatic rings. The van der Waals surface area contributed by atoms with Crippen LogP contribution >= 0.6 is 0 Å². The second-order valence-corrected chi connectivity index (χ2v) is 4.42. The molecule has 4 N–H and O–H groups in total. The van der Waals surface area contributed by atoms with Crippen molar-refractivity contribution in [1.29, 1.82) is 0 Å². The molecule has 0 aromatic heterocycles. The maximum atomic E-state index is 11.9. The van der Waals surface area contributed by atoms with Crippen molar-refractivity contribution in [2.75, 3.05) is 13.1 Å². The van der Waals surface area contributed by atoms with Crippen molar-refractivity contribution in [2.45, 2.75) is 38.6 Å². The monoisotopic (exact) mass is 227 g/mol. The van der Waals surface area contributed by atoms with Gasteiger partial charge >= 0.3 is 0 Å². The van der Waals surface area contributed by atoms with E-state index in [0.717, 1.165) is 19.3 Å². The van der Waals surface area contributed by atoms with E-state index in [9.17, 15) is 9.59 Å². The lowest BCUT2D eigenvalue weighted by atomic mass is 9.96. The topological polar surface area (TPSA) is 89.4 Å². The average molecular weight is 227 g/mol. The Hall–Kier alpha value is -1.10. The van der Waals surface area contributed by atoms with Crippen LogP contribution in [-0.2, 0) is 9.59 Å². The number of rotatable bonds is 4. The molecule has 1 heterocycles. The quantitative estimate of drug-likeness (QED) is 0.699. The first-order valence-electron chi connectivity index (χ1n) is 5.90. The molecule has 2 amide bonds. The third-order valence-electron chi connectivity index (χ3n) is 3.05. The van der Waals surface area contributed by atoms with Crippen LogP contribution in [0.5, 0.6) is 0 Å². The van der Waals surface area contributed by atoms with E-state index in [2.05, 4.69) is 0 Å². The first kappa shape index (κ1) is 13.0. The lowest BCUT2D eigenvalue weighted by Gasteiger charge is -2.32. The zero-order chi connectivity index (χ0) is 12.1. The number of likely N-dealkylation sites (tertiary alicyclic amines) is 1. The first-order valence-corrected chi connectivity index (χ1v) is 5.90.